The molecule has 3 aromatic carbocycles. The summed E-state index contributed by atoms with van der Waals surface area (Å²) < 4.78 is 53.7. The zero-order valence-corrected chi connectivity index (χ0v) is 19.1. The van der Waals surface area contributed by atoms with Gasteiger partial charge in [-0.3, -0.25) is 9.52 Å². The van der Waals surface area contributed by atoms with Crippen LogP contribution in [0, 0.1) is 11.6 Å². The van der Waals surface area contributed by atoms with Gasteiger partial charge >= 0.3 is 0 Å². The summed E-state index contributed by atoms with van der Waals surface area (Å²) in [4.78, 5) is 14.5. The number of fused-ring (bicyclic) bond motifs is 1. The molecule has 170 valence electrons. The normalized spacial score (nSPS) is 16.0. The van der Waals surface area contributed by atoms with Crippen molar-refractivity contribution >= 4 is 27.2 Å². The molecule has 0 amide bonds. The SMILES string of the molecule is CN1/C(=C\C(=O)c2ccc(NS(=O)(=O)c3ccc(F)c(F)c3)cc2)C(C)(C)c2ccccc21. The van der Waals surface area contributed by atoms with Crippen molar-refractivity contribution in [3.63, 3.8) is 0 Å². The summed E-state index contributed by atoms with van der Waals surface area (Å²) in [5, 5.41) is 0. The van der Waals surface area contributed by atoms with Gasteiger partial charge in [-0.2, -0.15) is 0 Å². The minimum atomic E-state index is -4.12. The smallest absolute Gasteiger partial charge is 0.261 e. The first-order chi connectivity index (χ1) is 15.5. The second-order valence-electron chi connectivity index (χ2n) is 8.35. The highest BCUT2D eigenvalue weighted by molar-refractivity contribution is 7.92. The van der Waals surface area contributed by atoms with E-state index in [9.17, 15) is 22.0 Å². The maximum Gasteiger partial charge on any atom is 0.261 e. The molecule has 1 aliphatic heterocycles. The van der Waals surface area contributed by atoms with Crippen LogP contribution in [-0.4, -0.2) is 21.2 Å². The standard InChI is InChI=1S/C25H22F2N2O3S/c1-25(2)19-6-4-5-7-22(19)29(3)24(25)15-23(30)16-8-10-17(11-9-16)28-33(31,32)18-12-13-20(26)21(27)14-18/h4-15,28H,1-3H3/b24-15-. The van der Waals surface area contributed by atoms with E-state index in [-0.39, 0.29) is 16.9 Å². The molecule has 1 heterocycles. The summed E-state index contributed by atoms with van der Waals surface area (Å²) in [5.41, 5.74) is 3.27. The molecule has 1 aliphatic rings. The fraction of sp³-hybridized carbons (Fsp3) is 0.160. The summed E-state index contributed by atoms with van der Waals surface area (Å²) in [6, 6.07) is 16.2. The molecule has 1 N–H and O–H groups in total. The van der Waals surface area contributed by atoms with Crippen molar-refractivity contribution in [2.75, 3.05) is 16.7 Å². The quantitative estimate of drug-likeness (QED) is 0.410. The number of halogens is 2. The molecule has 0 saturated carbocycles. The number of nitrogens with one attached hydrogen (secondary N) is 1. The van der Waals surface area contributed by atoms with Gasteiger partial charge < -0.3 is 4.90 Å². The second-order valence-corrected chi connectivity index (χ2v) is 10.0. The average Bonchev–Trinajstić information content (AvgIpc) is 2.96. The highest BCUT2D eigenvalue weighted by atomic mass is 32.2. The monoisotopic (exact) mass is 468 g/mol. The van der Waals surface area contributed by atoms with Gasteiger partial charge in [0.15, 0.2) is 17.4 Å². The lowest BCUT2D eigenvalue weighted by atomic mass is 9.83. The molecule has 0 saturated heterocycles. The molecular formula is C25H22F2N2O3S. The maximum absolute atomic E-state index is 13.4. The minimum absolute atomic E-state index is 0.189. The van der Waals surface area contributed by atoms with Crippen LogP contribution in [0.25, 0.3) is 0 Å². The van der Waals surface area contributed by atoms with Crippen LogP contribution in [0.2, 0.25) is 0 Å². The van der Waals surface area contributed by atoms with Crippen LogP contribution < -0.4 is 9.62 Å². The van der Waals surface area contributed by atoms with E-state index in [1.165, 1.54) is 24.3 Å². The molecule has 0 atom stereocenters. The molecule has 33 heavy (non-hydrogen) atoms. The third kappa shape index (κ3) is 4.14. The Bertz CT molecular complexity index is 1380. The van der Waals surface area contributed by atoms with Crippen molar-refractivity contribution in [2.45, 2.75) is 24.2 Å². The Kier molecular flexibility index (Phi) is 5.57. The van der Waals surface area contributed by atoms with Gasteiger partial charge in [0.2, 0.25) is 0 Å². The number of hydrogen-bond donors (Lipinski definition) is 1. The van der Waals surface area contributed by atoms with E-state index in [0.717, 1.165) is 29.1 Å². The Labute approximate surface area is 191 Å². The molecule has 0 aliphatic carbocycles. The predicted molar refractivity (Wildman–Crippen MR) is 124 cm³/mol. The van der Waals surface area contributed by atoms with Crippen LogP contribution in [0.15, 0.2) is 83.4 Å². The van der Waals surface area contributed by atoms with Crippen molar-refractivity contribution in [1.29, 1.82) is 0 Å². The third-order valence-electron chi connectivity index (χ3n) is 5.83. The van der Waals surface area contributed by atoms with E-state index in [2.05, 4.69) is 18.6 Å². The van der Waals surface area contributed by atoms with Crippen LogP contribution in [0.1, 0.15) is 29.8 Å². The lowest BCUT2D eigenvalue weighted by molar-refractivity contribution is 0.104. The molecule has 5 nitrogen and oxygen atoms in total. The zero-order valence-electron chi connectivity index (χ0n) is 18.3. The van der Waals surface area contributed by atoms with Crippen LogP contribution in [0.4, 0.5) is 20.2 Å². The number of likely N-dealkylation sites (N-methyl/N-ethyl adjacent to an activating group) is 1. The van der Waals surface area contributed by atoms with E-state index >= 15 is 0 Å². The molecule has 8 heteroatoms. The summed E-state index contributed by atoms with van der Waals surface area (Å²) in [7, 11) is -2.20. The number of benzene rings is 3. The van der Waals surface area contributed by atoms with E-state index in [0.29, 0.717) is 11.6 Å². The molecule has 3 aromatic rings. The topological polar surface area (TPSA) is 66.5 Å². The van der Waals surface area contributed by atoms with E-state index in [4.69, 9.17) is 0 Å². The van der Waals surface area contributed by atoms with Gasteiger partial charge in [-0.25, -0.2) is 17.2 Å². The number of ketones is 1. The number of carbonyl (C=O) groups excluding carboxylic acids is 1. The Morgan fingerprint density at radius 2 is 1.64 bits per heavy atom. The van der Waals surface area contributed by atoms with Gasteiger partial charge in [0.1, 0.15) is 0 Å². The van der Waals surface area contributed by atoms with Gasteiger partial charge in [-0.1, -0.05) is 32.0 Å². The highest BCUT2D eigenvalue weighted by Gasteiger charge is 2.38. The Morgan fingerprint density at radius 1 is 0.970 bits per heavy atom. The summed E-state index contributed by atoms with van der Waals surface area (Å²) in [5.74, 6) is -2.60. The third-order valence-corrected chi connectivity index (χ3v) is 7.21. The van der Waals surface area contributed by atoms with E-state index in [1.54, 1.807) is 6.08 Å². The minimum Gasteiger partial charge on any atom is -0.347 e. The summed E-state index contributed by atoms with van der Waals surface area (Å²) in [6.07, 6.45) is 1.60. The first kappa shape index (κ1) is 22.7. The van der Waals surface area contributed by atoms with Crippen molar-refractivity contribution in [3.05, 3.63) is 101 Å². The van der Waals surface area contributed by atoms with E-state index < -0.39 is 26.6 Å². The first-order valence-corrected chi connectivity index (χ1v) is 11.7. The molecule has 0 unspecified atom stereocenters. The molecule has 0 aromatic heterocycles. The Morgan fingerprint density at radius 3 is 2.27 bits per heavy atom. The molecule has 0 fully saturated rings. The fourth-order valence-electron chi connectivity index (χ4n) is 4.03. The second kappa shape index (κ2) is 8.12. The number of rotatable bonds is 5. The van der Waals surface area contributed by atoms with E-state index in [1.807, 2.05) is 36.2 Å². The molecule has 0 bridgehead atoms. The van der Waals surface area contributed by atoms with Gasteiger partial charge in [0.05, 0.1) is 4.90 Å². The van der Waals surface area contributed by atoms with Gasteiger partial charge in [-0.05, 0) is 54.1 Å². The van der Waals surface area contributed by atoms with Crippen LogP contribution in [-0.2, 0) is 15.4 Å². The maximum atomic E-state index is 13.4. The first-order valence-electron chi connectivity index (χ1n) is 10.2. The van der Waals surface area contributed by atoms with Gasteiger partial charge in [-0.15, -0.1) is 0 Å². The van der Waals surface area contributed by atoms with Crippen LogP contribution in [0.3, 0.4) is 0 Å². The van der Waals surface area contributed by atoms with Crippen molar-refractivity contribution < 1.29 is 22.0 Å². The van der Waals surface area contributed by atoms with Gasteiger partial charge in [0, 0.05) is 41.2 Å². The average molecular weight is 469 g/mol. The lowest BCUT2D eigenvalue weighted by Crippen LogP contribution is -2.24. The zero-order chi connectivity index (χ0) is 24.0. The molecule has 4 rings (SSSR count). The van der Waals surface area contributed by atoms with Crippen molar-refractivity contribution in [2.24, 2.45) is 0 Å². The summed E-state index contributed by atoms with van der Waals surface area (Å²) in [6.45, 7) is 4.12. The predicted octanol–water partition coefficient (Wildman–Crippen LogP) is 5.26. The van der Waals surface area contributed by atoms with Crippen LogP contribution >= 0.6 is 0 Å². The Balaban J connectivity index is 1.55. The van der Waals surface area contributed by atoms with Crippen LogP contribution in [0.5, 0.6) is 0 Å². The number of hydrogen-bond acceptors (Lipinski definition) is 4. The summed E-state index contributed by atoms with van der Waals surface area (Å²) >= 11 is 0. The highest BCUT2D eigenvalue weighted by Crippen LogP contribution is 2.46. The van der Waals surface area contributed by atoms with Gasteiger partial charge in [0.25, 0.3) is 10.0 Å². The number of anilines is 2. The number of para-hydroxylation sites is 1. The molecular weight excluding hydrogens is 446 g/mol. The lowest BCUT2D eigenvalue weighted by Gasteiger charge is -2.24. The Hall–Kier alpha value is -3.52. The molecule has 0 radical (unpaired) electrons. The number of nitrogens with zero attached hydrogens (tertiary/aromatic N) is 1. The molecule has 0 spiro atoms. The number of allylic oxidation sites excluding steroid dienone is 2. The fourth-order valence-corrected chi connectivity index (χ4v) is 5.10. The number of carbonyl (C=O) groups is 1. The van der Waals surface area contributed by atoms with Crippen molar-refractivity contribution in [1.82, 2.24) is 0 Å². The van der Waals surface area contributed by atoms with Crippen molar-refractivity contribution in [3.8, 4) is 0 Å². The number of sulfonamides is 1. The largest absolute Gasteiger partial charge is 0.347 e.